The number of hydrogen-bond donors (Lipinski definition) is 2. The molecule has 2 atom stereocenters. The van der Waals surface area contributed by atoms with E-state index < -0.39 is 0 Å². The van der Waals surface area contributed by atoms with Gasteiger partial charge in [-0.15, -0.1) is 11.8 Å². The molecule has 0 aromatic heterocycles. The Balaban J connectivity index is 2.29. The molecule has 2 N–H and O–H groups in total. The lowest BCUT2D eigenvalue weighted by Crippen LogP contribution is -2.41. The molecular weight excluding hydrogens is 186 g/mol. The monoisotopic (exact) mass is 203 g/mol. The highest BCUT2D eigenvalue weighted by Gasteiger charge is 2.22. The fourth-order valence-electron chi connectivity index (χ4n) is 1.33. The van der Waals surface area contributed by atoms with E-state index in [1.54, 1.807) is 11.8 Å². The number of rotatable bonds is 3. The van der Waals surface area contributed by atoms with Crippen molar-refractivity contribution in [3.63, 3.8) is 0 Å². The molecule has 0 radical (unpaired) electrons. The predicted octanol–water partition coefficient (Wildman–Crippen LogP) is 0.769. The third kappa shape index (κ3) is 3.56. The van der Waals surface area contributed by atoms with E-state index in [1.807, 2.05) is 6.92 Å². The van der Waals surface area contributed by atoms with Crippen LogP contribution in [0.1, 0.15) is 26.2 Å². The molecule has 76 valence electrons. The molecule has 13 heavy (non-hydrogen) atoms. The van der Waals surface area contributed by atoms with Crippen molar-refractivity contribution < 1.29 is 9.90 Å². The zero-order valence-corrected chi connectivity index (χ0v) is 8.77. The zero-order chi connectivity index (χ0) is 9.68. The average molecular weight is 203 g/mol. The van der Waals surface area contributed by atoms with Crippen LogP contribution in [0.2, 0.25) is 0 Å². The molecule has 1 aliphatic rings. The SMILES string of the molecule is C[C@@H](CO)NC(=O)C1CCCCS1. The van der Waals surface area contributed by atoms with E-state index in [1.165, 1.54) is 6.42 Å². The van der Waals surface area contributed by atoms with E-state index in [4.69, 9.17) is 5.11 Å². The second-order valence-electron chi connectivity index (χ2n) is 3.45. The summed E-state index contributed by atoms with van der Waals surface area (Å²) >= 11 is 1.73. The van der Waals surface area contributed by atoms with Crippen molar-refractivity contribution in [2.75, 3.05) is 12.4 Å². The van der Waals surface area contributed by atoms with Crippen LogP contribution in [0.25, 0.3) is 0 Å². The van der Waals surface area contributed by atoms with Crippen molar-refractivity contribution in [2.24, 2.45) is 0 Å². The van der Waals surface area contributed by atoms with E-state index in [9.17, 15) is 4.79 Å². The quantitative estimate of drug-likeness (QED) is 0.712. The van der Waals surface area contributed by atoms with Gasteiger partial charge in [0.15, 0.2) is 0 Å². The van der Waals surface area contributed by atoms with Crippen molar-refractivity contribution >= 4 is 17.7 Å². The molecule has 1 aliphatic heterocycles. The smallest absolute Gasteiger partial charge is 0.233 e. The van der Waals surface area contributed by atoms with Gasteiger partial charge in [0.1, 0.15) is 0 Å². The van der Waals surface area contributed by atoms with Crippen LogP contribution in [-0.2, 0) is 4.79 Å². The van der Waals surface area contributed by atoms with Gasteiger partial charge in [0.25, 0.3) is 0 Å². The van der Waals surface area contributed by atoms with E-state index in [0.717, 1.165) is 18.6 Å². The lowest BCUT2D eigenvalue weighted by Gasteiger charge is -2.22. The largest absolute Gasteiger partial charge is 0.394 e. The van der Waals surface area contributed by atoms with Crippen LogP contribution >= 0.6 is 11.8 Å². The summed E-state index contributed by atoms with van der Waals surface area (Å²) in [5.74, 6) is 1.18. The van der Waals surface area contributed by atoms with Crippen LogP contribution < -0.4 is 5.32 Å². The first-order valence-electron chi connectivity index (χ1n) is 4.77. The Bertz CT molecular complexity index is 169. The van der Waals surface area contributed by atoms with E-state index >= 15 is 0 Å². The van der Waals surface area contributed by atoms with Crippen LogP contribution in [-0.4, -0.2) is 34.7 Å². The molecular formula is C9H17NO2S. The van der Waals surface area contributed by atoms with Gasteiger partial charge in [-0.05, 0) is 25.5 Å². The molecule has 0 bridgehead atoms. The highest BCUT2D eigenvalue weighted by molar-refractivity contribution is 8.00. The molecule has 1 unspecified atom stereocenters. The Morgan fingerprint density at radius 1 is 1.69 bits per heavy atom. The zero-order valence-electron chi connectivity index (χ0n) is 7.95. The summed E-state index contributed by atoms with van der Waals surface area (Å²) in [4.78, 5) is 11.5. The van der Waals surface area contributed by atoms with Gasteiger partial charge in [0.2, 0.25) is 5.91 Å². The van der Waals surface area contributed by atoms with Gasteiger partial charge in [-0.3, -0.25) is 4.79 Å². The number of aliphatic hydroxyl groups excluding tert-OH is 1. The summed E-state index contributed by atoms with van der Waals surface area (Å²) < 4.78 is 0. The summed E-state index contributed by atoms with van der Waals surface area (Å²) in [7, 11) is 0. The maximum Gasteiger partial charge on any atom is 0.233 e. The van der Waals surface area contributed by atoms with Gasteiger partial charge in [-0.25, -0.2) is 0 Å². The van der Waals surface area contributed by atoms with Crippen LogP contribution in [0.4, 0.5) is 0 Å². The van der Waals surface area contributed by atoms with Crippen molar-refractivity contribution in [1.82, 2.24) is 5.32 Å². The van der Waals surface area contributed by atoms with Crippen molar-refractivity contribution in [2.45, 2.75) is 37.5 Å². The number of thioether (sulfide) groups is 1. The number of aliphatic hydroxyl groups is 1. The highest BCUT2D eigenvalue weighted by atomic mass is 32.2. The molecule has 0 spiro atoms. The molecule has 1 amide bonds. The van der Waals surface area contributed by atoms with Gasteiger partial charge in [-0.2, -0.15) is 0 Å². The molecule has 0 saturated carbocycles. The number of carbonyl (C=O) groups is 1. The van der Waals surface area contributed by atoms with Crippen LogP contribution in [0.15, 0.2) is 0 Å². The molecule has 0 aromatic carbocycles. The van der Waals surface area contributed by atoms with E-state index in [2.05, 4.69) is 5.32 Å². The normalized spacial score (nSPS) is 25.2. The topological polar surface area (TPSA) is 49.3 Å². The molecule has 1 heterocycles. The van der Waals surface area contributed by atoms with E-state index in [0.29, 0.717) is 0 Å². The van der Waals surface area contributed by atoms with Gasteiger partial charge >= 0.3 is 0 Å². The van der Waals surface area contributed by atoms with Crippen molar-refractivity contribution in [3.8, 4) is 0 Å². The number of nitrogens with one attached hydrogen (secondary N) is 1. The van der Waals surface area contributed by atoms with Gasteiger partial charge in [0, 0.05) is 6.04 Å². The standard InChI is InChI=1S/C9H17NO2S/c1-7(6-11)10-9(12)8-4-2-3-5-13-8/h7-8,11H,2-6H2,1H3,(H,10,12)/t7-,8?/m0/s1. The number of amides is 1. The van der Waals surface area contributed by atoms with Crippen LogP contribution in [0.3, 0.4) is 0 Å². The Kier molecular flexibility index (Phi) is 4.59. The average Bonchev–Trinajstić information content (AvgIpc) is 2.19. The fraction of sp³-hybridized carbons (Fsp3) is 0.889. The third-order valence-electron chi connectivity index (χ3n) is 2.13. The first kappa shape index (κ1) is 10.9. The van der Waals surface area contributed by atoms with Crippen LogP contribution in [0, 0.1) is 0 Å². The van der Waals surface area contributed by atoms with Crippen LogP contribution in [0.5, 0.6) is 0 Å². The Morgan fingerprint density at radius 3 is 3.00 bits per heavy atom. The van der Waals surface area contributed by atoms with Gasteiger partial charge in [0.05, 0.1) is 11.9 Å². The predicted molar refractivity (Wildman–Crippen MR) is 54.8 cm³/mol. The maximum absolute atomic E-state index is 11.5. The highest BCUT2D eigenvalue weighted by Crippen LogP contribution is 2.24. The Hall–Kier alpha value is -0.220. The third-order valence-corrected chi connectivity index (χ3v) is 3.51. The molecule has 1 saturated heterocycles. The number of hydrogen-bond acceptors (Lipinski definition) is 3. The summed E-state index contributed by atoms with van der Waals surface area (Å²) in [6.07, 6.45) is 3.36. The minimum absolute atomic E-state index is 0.0170. The molecule has 4 heteroatoms. The summed E-state index contributed by atoms with van der Waals surface area (Å²) in [5.41, 5.74) is 0. The fourth-order valence-corrected chi connectivity index (χ4v) is 2.54. The minimum atomic E-state index is -0.116. The lowest BCUT2D eigenvalue weighted by atomic mass is 10.2. The maximum atomic E-state index is 11.5. The lowest BCUT2D eigenvalue weighted by molar-refractivity contribution is -0.121. The molecule has 0 aromatic rings. The minimum Gasteiger partial charge on any atom is -0.394 e. The first-order chi connectivity index (χ1) is 6.24. The van der Waals surface area contributed by atoms with Gasteiger partial charge in [-0.1, -0.05) is 6.42 Å². The van der Waals surface area contributed by atoms with Crippen molar-refractivity contribution in [3.05, 3.63) is 0 Å². The first-order valence-corrected chi connectivity index (χ1v) is 5.81. The summed E-state index contributed by atoms with van der Waals surface area (Å²) in [6, 6.07) is -0.116. The molecule has 1 rings (SSSR count). The Labute approximate surface area is 83.3 Å². The second kappa shape index (κ2) is 5.50. The molecule has 0 aliphatic carbocycles. The molecule has 1 fully saturated rings. The summed E-state index contributed by atoms with van der Waals surface area (Å²) in [6.45, 7) is 1.83. The number of carbonyl (C=O) groups excluding carboxylic acids is 1. The Morgan fingerprint density at radius 2 is 2.46 bits per heavy atom. The van der Waals surface area contributed by atoms with Gasteiger partial charge < -0.3 is 10.4 Å². The second-order valence-corrected chi connectivity index (χ2v) is 4.76. The van der Waals surface area contributed by atoms with Crippen molar-refractivity contribution in [1.29, 1.82) is 0 Å². The molecule has 3 nitrogen and oxygen atoms in total. The van der Waals surface area contributed by atoms with E-state index in [-0.39, 0.29) is 23.8 Å². The summed E-state index contributed by atoms with van der Waals surface area (Å²) in [5, 5.41) is 11.7.